The van der Waals surface area contributed by atoms with Gasteiger partial charge in [0.15, 0.2) is 6.10 Å². The first-order chi connectivity index (χ1) is 16.5. The van der Waals surface area contributed by atoms with Crippen LogP contribution in [0.1, 0.15) is 47.2 Å². The quantitative estimate of drug-likeness (QED) is 0.496. The number of aliphatic hydroxyl groups excluding tert-OH is 1. The van der Waals surface area contributed by atoms with Crippen LogP contribution in [0, 0.1) is 0 Å². The van der Waals surface area contributed by atoms with Crippen molar-refractivity contribution >= 4 is 16.7 Å². The minimum atomic E-state index is -1.27. The number of H-pyrrole nitrogens is 1. The summed E-state index contributed by atoms with van der Waals surface area (Å²) >= 11 is 0. The van der Waals surface area contributed by atoms with Gasteiger partial charge in [0.2, 0.25) is 0 Å². The van der Waals surface area contributed by atoms with E-state index in [4.69, 9.17) is 4.98 Å². The zero-order chi connectivity index (χ0) is 23.3. The van der Waals surface area contributed by atoms with Gasteiger partial charge in [-0.25, -0.2) is 4.98 Å². The van der Waals surface area contributed by atoms with Crippen LogP contribution in [0.3, 0.4) is 0 Å². The Hall–Kier alpha value is -3.77. The molecule has 1 fully saturated rings. The molecule has 1 aromatic heterocycles. The molecule has 34 heavy (non-hydrogen) atoms. The first kappa shape index (κ1) is 20.8. The largest absolute Gasteiger partial charge is 0.378 e. The van der Waals surface area contributed by atoms with E-state index in [1.54, 1.807) is 11.0 Å². The molecule has 1 aliphatic carbocycles. The zero-order valence-corrected chi connectivity index (χ0v) is 18.7. The predicted molar refractivity (Wildman–Crippen MR) is 129 cm³/mol. The van der Waals surface area contributed by atoms with Gasteiger partial charge in [0.05, 0.1) is 23.2 Å². The average Bonchev–Trinajstić information content (AvgIpc) is 3.70. The summed E-state index contributed by atoms with van der Waals surface area (Å²) in [5, 5.41) is 12.8. The number of amides is 1. The van der Waals surface area contributed by atoms with E-state index in [1.807, 2.05) is 54.6 Å². The maximum absolute atomic E-state index is 13.1. The van der Waals surface area contributed by atoms with Gasteiger partial charge in [-0.3, -0.25) is 9.59 Å². The number of hydrogen-bond acceptors (Lipinski definition) is 4. The normalized spacial score (nSPS) is 17.3. The third-order valence-corrected chi connectivity index (χ3v) is 7.23. The van der Waals surface area contributed by atoms with Gasteiger partial charge in [-0.1, -0.05) is 66.7 Å². The molecule has 0 radical (unpaired) electrons. The van der Waals surface area contributed by atoms with Crippen LogP contribution >= 0.6 is 0 Å². The number of aromatic nitrogens is 2. The van der Waals surface area contributed by atoms with Crippen LogP contribution in [0.25, 0.3) is 10.8 Å². The molecule has 6 heteroatoms. The number of nitrogens with one attached hydrogen (secondary N) is 1. The lowest BCUT2D eigenvalue weighted by Gasteiger charge is -2.30. The summed E-state index contributed by atoms with van der Waals surface area (Å²) in [6.45, 7) is 0.574. The highest BCUT2D eigenvalue weighted by Gasteiger charge is 2.48. The lowest BCUT2D eigenvalue weighted by atomic mass is 9.94. The van der Waals surface area contributed by atoms with Crippen molar-refractivity contribution in [2.24, 2.45) is 0 Å². The van der Waals surface area contributed by atoms with Gasteiger partial charge in [0.1, 0.15) is 5.82 Å². The molecule has 2 N–H and O–H groups in total. The standard InChI is InChI=1S/C28H25N3O3/c32-24(20-11-10-18-6-4-5-7-19(18)16-20)26(34)31-15-12-23-22(17-31)25(33)30-27(29-23)28(13-14-28)21-8-2-1-3-9-21/h1-11,16,24,32H,12-15,17H2,(H,29,30,33)/t24-/m1/s1. The van der Waals surface area contributed by atoms with E-state index in [-0.39, 0.29) is 17.5 Å². The molecule has 2 aliphatic rings. The van der Waals surface area contributed by atoms with Gasteiger partial charge in [-0.2, -0.15) is 0 Å². The Bertz CT molecular complexity index is 1460. The molecule has 1 aliphatic heterocycles. The van der Waals surface area contributed by atoms with Crippen molar-refractivity contribution in [2.45, 2.75) is 37.3 Å². The van der Waals surface area contributed by atoms with Crippen molar-refractivity contribution < 1.29 is 9.90 Å². The minimum Gasteiger partial charge on any atom is -0.378 e. The molecule has 0 spiro atoms. The Labute approximate surface area is 196 Å². The Kier molecular flexibility index (Phi) is 4.85. The topological polar surface area (TPSA) is 86.3 Å². The highest BCUT2D eigenvalue weighted by Crippen LogP contribution is 2.51. The Morgan fingerprint density at radius 2 is 1.74 bits per heavy atom. The number of hydrogen-bond donors (Lipinski definition) is 2. The summed E-state index contributed by atoms with van der Waals surface area (Å²) in [5.74, 6) is 0.325. The number of nitrogens with zero attached hydrogens (tertiary/aromatic N) is 2. The fraction of sp³-hybridized carbons (Fsp3) is 0.250. The molecule has 0 saturated heterocycles. The number of carbonyl (C=O) groups excluding carboxylic acids is 1. The van der Waals surface area contributed by atoms with E-state index in [0.29, 0.717) is 24.1 Å². The second kappa shape index (κ2) is 7.92. The van der Waals surface area contributed by atoms with Gasteiger partial charge in [-0.05, 0) is 40.8 Å². The number of carbonyl (C=O) groups is 1. The van der Waals surface area contributed by atoms with Gasteiger partial charge >= 0.3 is 0 Å². The van der Waals surface area contributed by atoms with E-state index in [2.05, 4.69) is 17.1 Å². The van der Waals surface area contributed by atoms with Crippen molar-refractivity contribution in [3.63, 3.8) is 0 Å². The molecular formula is C28H25N3O3. The number of rotatable bonds is 4. The van der Waals surface area contributed by atoms with Gasteiger partial charge in [0.25, 0.3) is 11.5 Å². The Morgan fingerprint density at radius 1 is 1.00 bits per heavy atom. The molecule has 1 atom stereocenters. The van der Waals surface area contributed by atoms with Crippen LogP contribution < -0.4 is 5.56 Å². The van der Waals surface area contributed by atoms with Crippen molar-refractivity contribution in [1.29, 1.82) is 0 Å². The molecule has 170 valence electrons. The van der Waals surface area contributed by atoms with Crippen LogP contribution in [-0.4, -0.2) is 32.4 Å². The number of fused-ring (bicyclic) bond motifs is 2. The summed E-state index contributed by atoms with van der Waals surface area (Å²) in [4.78, 5) is 35.6. The molecule has 0 unspecified atom stereocenters. The predicted octanol–water partition coefficient (Wildman–Crippen LogP) is 3.62. The van der Waals surface area contributed by atoms with Crippen LogP contribution in [0.2, 0.25) is 0 Å². The SMILES string of the molecule is O=C([C@H](O)c1ccc2ccccc2c1)N1CCc2nc(C3(c4ccccc4)CC3)[nH]c(=O)c2C1. The van der Waals surface area contributed by atoms with E-state index in [1.165, 1.54) is 5.56 Å². The molecule has 6 rings (SSSR count). The highest BCUT2D eigenvalue weighted by molar-refractivity contribution is 5.87. The maximum Gasteiger partial charge on any atom is 0.256 e. The number of benzene rings is 3. The summed E-state index contributed by atoms with van der Waals surface area (Å²) in [6.07, 6.45) is 1.14. The first-order valence-electron chi connectivity index (χ1n) is 11.7. The van der Waals surface area contributed by atoms with Gasteiger partial charge in [-0.15, -0.1) is 0 Å². The van der Waals surface area contributed by atoms with Crippen molar-refractivity contribution in [3.05, 3.63) is 111 Å². The minimum absolute atomic E-state index is 0.153. The zero-order valence-electron chi connectivity index (χ0n) is 18.7. The molecule has 2 heterocycles. The summed E-state index contributed by atoms with van der Waals surface area (Å²) < 4.78 is 0. The smallest absolute Gasteiger partial charge is 0.256 e. The van der Waals surface area contributed by atoms with Crippen molar-refractivity contribution in [3.8, 4) is 0 Å². The molecule has 3 aromatic carbocycles. The maximum atomic E-state index is 13.1. The average molecular weight is 452 g/mol. The summed E-state index contributed by atoms with van der Waals surface area (Å²) in [6, 6.07) is 23.5. The summed E-state index contributed by atoms with van der Waals surface area (Å²) in [7, 11) is 0. The monoisotopic (exact) mass is 451 g/mol. The molecule has 4 aromatic rings. The Balaban J connectivity index is 1.25. The molecule has 0 bridgehead atoms. The molecule has 1 amide bonds. The van der Waals surface area contributed by atoms with Crippen LogP contribution in [0.4, 0.5) is 0 Å². The Morgan fingerprint density at radius 3 is 2.50 bits per heavy atom. The highest BCUT2D eigenvalue weighted by atomic mass is 16.3. The number of aliphatic hydroxyl groups is 1. The van der Waals surface area contributed by atoms with Gasteiger partial charge in [0, 0.05) is 13.0 Å². The number of aromatic amines is 1. The molecular weight excluding hydrogens is 426 g/mol. The van der Waals surface area contributed by atoms with Crippen molar-refractivity contribution in [2.75, 3.05) is 6.54 Å². The van der Waals surface area contributed by atoms with Crippen LogP contribution in [0.5, 0.6) is 0 Å². The second-order valence-electron chi connectivity index (χ2n) is 9.31. The van der Waals surface area contributed by atoms with Gasteiger partial charge < -0.3 is 15.0 Å². The van der Waals surface area contributed by atoms with Crippen LogP contribution in [0.15, 0.2) is 77.6 Å². The first-order valence-corrected chi connectivity index (χ1v) is 11.7. The van der Waals surface area contributed by atoms with Crippen LogP contribution in [-0.2, 0) is 23.2 Å². The fourth-order valence-corrected chi connectivity index (χ4v) is 5.08. The van der Waals surface area contributed by atoms with E-state index in [0.717, 1.165) is 35.1 Å². The summed E-state index contributed by atoms with van der Waals surface area (Å²) in [5.41, 5.74) is 2.58. The van der Waals surface area contributed by atoms with E-state index >= 15 is 0 Å². The van der Waals surface area contributed by atoms with Crippen molar-refractivity contribution in [1.82, 2.24) is 14.9 Å². The third-order valence-electron chi connectivity index (χ3n) is 7.23. The lowest BCUT2D eigenvalue weighted by Crippen LogP contribution is -2.42. The fourth-order valence-electron chi connectivity index (χ4n) is 5.08. The van der Waals surface area contributed by atoms with E-state index in [9.17, 15) is 14.7 Å². The molecule has 1 saturated carbocycles. The molecule has 6 nitrogen and oxygen atoms in total. The lowest BCUT2D eigenvalue weighted by molar-refractivity contribution is -0.141. The third kappa shape index (κ3) is 3.42. The van der Waals surface area contributed by atoms with E-state index < -0.39 is 12.0 Å². The second-order valence-corrected chi connectivity index (χ2v) is 9.31.